The highest BCUT2D eigenvalue weighted by atomic mass is 32.1. The average Bonchev–Trinajstić information content (AvgIpc) is 3.34. The second kappa shape index (κ2) is 7.91. The summed E-state index contributed by atoms with van der Waals surface area (Å²) in [4.78, 5) is 37.5. The molecule has 1 saturated heterocycles. The van der Waals surface area contributed by atoms with Crippen LogP contribution < -0.4 is 5.32 Å². The molecule has 0 atom stereocenters. The van der Waals surface area contributed by atoms with Gasteiger partial charge in [0.25, 0.3) is 11.8 Å². The van der Waals surface area contributed by atoms with Crippen molar-refractivity contribution < 1.29 is 9.59 Å². The second-order valence-electron chi connectivity index (χ2n) is 7.47. The quantitative estimate of drug-likeness (QED) is 0.713. The molecule has 1 N–H and O–H groups in total. The maximum absolute atomic E-state index is 12.7. The van der Waals surface area contributed by atoms with Crippen LogP contribution in [0.3, 0.4) is 0 Å². The lowest BCUT2D eigenvalue weighted by Crippen LogP contribution is -2.27. The largest absolute Gasteiger partial charge is 0.347 e. The van der Waals surface area contributed by atoms with Crippen LogP contribution in [0.1, 0.15) is 55.5 Å². The van der Waals surface area contributed by atoms with Gasteiger partial charge in [0.1, 0.15) is 10.7 Å². The van der Waals surface area contributed by atoms with E-state index >= 15 is 0 Å². The monoisotopic (exact) mass is 408 g/mol. The van der Waals surface area contributed by atoms with Gasteiger partial charge in [0, 0.05) is 36.3 Å². The van der Waals surface area contributed by atoms with Gasteiger partial charge in [-0.1, -0.05) is 12.1 Å². The van der Waals surface area contributed by atoms with Crippen LogP contribution in [0.5, 0.6) is 0 Å². The number of nitrogens with one attached hydrogen (secondary N) is 1. The Morgan fingerprint density at radius 1 is 1.07 bits per heavy atom. The Kier molecular flexibility index (Phi) is 5.32. The number of nitrogens with zero attached hydrogens (tertiary/aromatic N) is 3. The van der Waals surface area contributed by atoms with E-state index in [9.17, 15) is 9.59 Å². The van der Waals surface area contributed by atoms with E-state index in [1.165, 1.54) is 11.3 Å². The van der Waals surface area contributed by atoms with Gasteiger partial charge in [-0.2, -0.15) is 0 Å². The molecule has 3 aromatic rings. The van der Waals surface area contributed by atoms with E-state index < -0.39 is 0 Å². The van der Waals surface area contributed by atoms with Crippen molar-refractivity contribution >= 4 is 33.4 Å². The van der Waals surface area contributed by atoms with Crippen LogP contribution >= 0.6 is 11.3 Å². The SMILES string of the molecule is Cc1nc(C)c2c(C)c(C(=O)NCc3ccc(C(=O)N4CCCC4)cc3)sc2n1. The number of amides is 2. The fraction of sp³-hybridized carbons (Fsp3) is 0.364. The maximum Gasteiger partial charge on any atom is 0.261 e. The average molecular weight is 409 g/mol. The Hall–Kier alpha value is -2.80. The zero-order valence-corrected chi connectivity index (χ0v) is 17.7. The summed E-state index contributed by atoms with van der Waals surface area (Å²) < 4.78 is 0. The number of hydrogen-bond acceptors (Lipinski definition) is 5. The van der Waals surface area contributed by atoms with E-state index in [1.807, 2.05) is 49.9 Å². The molecule has 1 aliphatic heterocycles. The molecule has 4 rings (SSSR count). The van der Waals surface area contributed by atoms with Crippen molar-refractivity contribution in [2.24, 2.45) is 0 Å². The Morgan fingerprint density at radius 2 is 1.76 bits per heavy atom. The first-order chi connectivity index (χ1) is 13.9. The number of aryl methyl sites for hydroxylation is 3. The van der Waals surface area contributed by atoms with E-state index in [4.69, 9.17) is 0 Å². The topological polar surface area (TPSA) is 75.2 Å². The second-order valence-corrected chi connectivity index (χ2v) is 8.47. The minimum absolute atomic E-state index is 0.0887. The Morgan fingerprint density at radius 3 is 2.45 bits per heavy atom. The highest BCUT2D eigenvalue weighted by Crippen LogP contribution is 2.31. The molecule has 150 valence electrons. The van der Waals surface area contributed by atoms with Crippen molar-refractivity contribution in [1.82, 2.24) is 20.2 Å². The van der Waals surface area contributed by atoms with Crippen molar-refractivity contribution in [3.05, 3.63) is 57.4 Å². The van der Waals surface area contributed by atoms with Gasteiger partial charge in [-0.15, -0.1) is 11.3 Å². The van der Waals surface area contributed by atoms with Crippen LogP contribution in [0.4, 0.5) is 0 Å². The minimum Gasteiger partial charge on any atom is -0.347 e. The van der Waals surface area contributed by atoms with Crippen LogP contribution in [0, 0.1) is 20.8 Å². The molecule has 0 bridgehead atoms. The Bertz CT molecular complexity index is 1080. The number of carbonyl (C=O) groups is 2. The Labute approximate surface area is 174 Å². The number of benzene rings is 1. The van der Waals surface area contributed by atoms with Gasteiger partial charge in [-0.25, -0.2) is 9.97 Å². The number of carbonyl (C=O) groups excluding carboxylic acids is 2. The normalized spacial score (nSPS) is 13.8. The predicted octanol–water partition coefficient (Wildman–Crippen LogP) is 3.78. The fourth-order valence-electron chi connectivity index (χ4n) is 3.82. The van der Waals surface area contributed by atoms with Gasteiger partial charge in [0.05, 0.1) is 4.88 Å². The molecule has 0 aliphatic carbocycles. The van der Waals surface area contributed by atoms with Crippen molar-refractivity contribution in [2.45, 2.75) is 40.2 Å². The molecule has 0 saturated carbocycles. The van der Waals surface area contributed by atoms with E-state index in [1.54, 1.807) is 0 Å². The molecular formula is C22H24N4O2S. The molecule has 7 heteroatoms. The van der Waals surface area contributed by atoms with Crippen molar-refractivity contribution in [3.63, 3.8) is 0 Å². The lowest BCUT2D eigenvalue weighted by molar-refractivity contribution is 0.0792. The van der Waals surface area contributed by atoms with Crippen LogP contribution in [0.15, 0.2) is 24.3 Å². The molecule has 3 heterocycles. The van der Waals surface area contributed by atoms with Crippen LogP contribution in [0.25, 0.3) is 10.2 Å². The molecule has 0 unspecified atom stereocenters. The number of fused-ring (bicyclic) bond motifs is 1. The molecule has 0 radical (unpaired) electrons. The summed E-state index contributed by atoms with van der Waals surface area (Å²) in [6.45, 7) is 7.85. The third-order valence-electron chi connectivity index (χ3n) is 5.34. The molecule has 6 nitrogen and oxygen atoms in total. The van der Waals surface area contributed by atoms with E-state index in [0.717, 1.165) is 53.0 Å². The summed E-state index contributed by atoms with van der Waals surface area (Å²) >= 11 is 1.40. The molecule has 2 amide bonds. The zero-order chi connectivity index (χ0) is 20.5. The fourth-order valence-corrected chi connectivity index (χ4v) is 5.01. The summed E-state index contributed by atoms with van der Waals surface area (Å²) in [5, 5.41) is 3.95. The first-order valence-electron chi connectivity index (χ1n) is 9.85. The van der Waals surface area contributed by atoms with E-state index in [-0.39, 0.29) is 11.8 Å². The summed E-state index contributed by atoms with van der Waals surface area (Å²) in [6, 6.07) is 7.49. The standard InChI is InChI=1S/C22H24N4O2S/c1-13-18-14(2)24-15(3)25-21(18)29-19(13)20(27)23-12-16-6-8-17(9-7-16)22(28)26-10-4-5-11-26/h6-9H,4-5,10-12H2,1-3H3,(H,23,27). The molecule has 1 aromatic carbocycles. The van der Waals surface area contributed by atoms with Gasteiger partial charge in [0.2, 0.25) is 0 Å². The van der Waals surface area contributed by atoms with Gasteiger partial charge in [-0.05, 0) is 56.9 Å². The van der Waals surface area contributed by atoms with Gasteiger partial charge < -0.3 is 10.2 Å². The lowest BCUT2D eigenvalue weighted by Gasteiger charge is -2.15. The van der Waals surface area contributed by atoms with Crippen LogP contribution in [0.2, 0.25) is 0 Å². The first-order valence-corrected chi connectivity index (χ1v) is 10.7. The zero-order valence-electron chi connectivity index (χ0n) is 16.9. The van der Waals surface area contributed by atoms with Crippen molar-refractivity contribution in [1.29, 1.82) is 0 Å². The van der Waals surface area contributed by atoms with Crippen molar-refractivity contribution in [3.8, 4) is 0 Å². The van der Waals surface area contributed by atoms with Gasteiger partial charge in [0.15, 0.2) is 0 Å². The molecule has 29 heavy (non-hydrogen) atoms. The molecular weight excluding hydrogens is 384 g/mol. The summed E-state index contributed by atoms with van der Waals surface area (Å²) in [7, 11) is 0. The summed E-state index contributed by atoms with van der Waals surface area (Å²) in [6.07, 6.45) is 2.16. The van der Waals surface area contributed by atoms with Crippen LogP contribution in [-0.4, -0.2) is 39.8 Å². The summed E-state index contributed by atoms with van der Waals surface area (Å²) in [5.74, 6) is 0.692. The maximum atomic E-state index is 12.7. The minimum atomic E-state index is -0.111. The smallest absolute Gasteiger partial charge is 0.261 e. The highest BCUT2D eigenvalue weighted by molar-refractivity contribution is 7.20. The van der Waals surface area contributed by atoms with Gasteiger partial charge >= 0.3 is 0 Å². The predicted molar refractivity (Wildman–Crippen MR) is 114 cm³/mol. The molecule has 0 spiro atoms. The van der Waals surface area contributed by atoms with Crippen molar-refractivity contribution in [2.75, 3.05) is 13.1 Å². The number of aromatic nitrogens is 2. The highest BCUT2D eigenvalue weighted by Gasteiger charge is 2.20. The molecule has 1 fully saturated rings. The number of hydrogen-bond donors (Lipinski definition) is 1. The van der Waals surface area contributed by atoms with E-state index in [0.29, 0.717) is 22.8 Å². The lowest BCUT2D eigenvalue weighted by atomic mass is 10.1. The van der Waals surface area contributed by atoms with Crippen LogP contribution in [-0.2, 0) is 6.54 Å². The Balaban J connectivity index is 1.44. The third-order valence-corrected chi connectivity index (χ3v) is 6.52. The number of thiophene rings is 1. The molecule has 2 aromatic heterocycles. The van der Waals surface area contributed by atoms with Gasteiger partial charge in [-0.3, -0.25) is 9.59 Å². The van der Waals surface area contributed by atoms with E-state index in [2.05, 4.69) is 15.3 Å². The number of likely N-dealkylation sites (tertiary alicyclic amines) is 1. The third kappa shape index (κ3) is 3.87. The summed E-state index contributed by atoms with van der Waals surface area (Å²) in [5.41, 5.74) is 3.48. The first kappa shape index (κ1) is 19.5. The number of rotatable bonds is 4. The molecule has 1 aliphatic rings.